The third kappa shape index (κ3) is 5.22. The van der Waals surface area contributed by atoms with Crippen molar-refractivity contribution < 1.29 is 9.21 Å². The van der Waals surface area contributed by atoms with Gasteiger partial charge in [0.1, 0.15) is 10.6 Å². The van der Waals surface area contributed by atoms with Crippen LogP contribution >= 0.6 is 23.1 Å². The lowest BCUT2D eigenvalue weighted by molar-refractivity contribution is -0.118. The Kier molecular flexibility index (Phi) is 7.20. The molecule has 184 valence electrons. The first kappa shape index (κ1) is 24.3. The zero-order valence-electron chi connectivity index (χ0n) is 20.1. The molecule has 0 saturated carbocycles. The molecule has 0 radical (unpaired) electrons. The van der Waals surface area contributed by atoms with E-state index >= 15 is 0 Å². The van der Waals surface area contributed by atoms with Crippen LogP contribution in [-0.4, -0.2) is 27.4 Å². The molecule has 0 saturated heterocycles. The molecular formula is C27H26N4O3S2. The molecule has 7 nitrogen and oxygen atoms in total. The highest BCUT2D eigenvalue weighted by atomic mass is 32.2. The molecule has 0 atom stereocenters. The largest absolute Gasteiger partial charge is 0.465 e. The number of carbonyl (C=O) groups is 1. The summed E-state index contributed by atoms with van der Waals surface area (Å²) in [6.45, 7) is 3.88. The Balaban J connectivity index is 1.39. The van der Waals surface area contributed by atoms with Gasteiger partial charge in [-0.1, -0.05) is 29.5 Å². The summed E-state index contributed by atoms with van der Waals surface area (Å²) in [5, 5.41) is 5.26. The molecule has 36 heavy (non-hydrogen) atoms. The Bertz CT molecular complexity index is 1510. The molecule has 1 aliphatic rings. The molecular weight excluding hydrogens is 492 g/mol. The third-order valence-electron chi connectivity index (χ3n) is 5.95. The maximum atomic E-state index is 13.8. The number of thioether (sulfide) groups is 1. The lowest BCUT2D eigenvalue weighted by atomic mass is 9.97. The van der Waals surface area contributed by atoms with Crippen LogP contribution in [0.1, 0.15) is 41.5 Å². The highest BCUT2D eigenvalue weighted by Crippen LogP contribution is 2.35. The molecule has 3 aromatic heterocycles. The number of hydrazone groups is 1. The van der Waals surface area contributed by atoms with Crippen molar-refractivity contribution in [1.82, 2.24) is 15.0 Å². The van der Waals surface area contributed by atoms with E-state index in [1.165, 1.54) is 16.6 Å². The highest BCUT2D eigenvalue weighted by molar-refractivity contribution is 7.99. The molecule has 0 fully saturated rings. The number of benzene rings is 1. The molecule has 1 N–H and O–H groups in total. The van der Waals surface area contributed by atoms with Crippen molar-refractivity contribution in [2.75, 3.05) is 5.75 Å². The van der Waals surface area contributed by atoms with Crippen LogP contribution in [0.2, 0.25) is 0 Å². The van der Waals surface area contributed by atoms with Gasteiger partial charge in [0.25, 0.3) is 11.5 Å². The van der Waals surface area contributed by atoms with E-state index in [9.17, 15) is 9.59 Å². The first-order chi connectivity index (χ1) is 17.5. The smallest absolute Gasteiger partial charge is 0.267 e. The number of nitrogens with zero attached hydrogens (tertiary/aromatic N) is 3. The van der Waals surface area contributed by atoms with Gasteiger partial charge in [-0.05, 0) is 81.0 Å². The molecule has 4 aromatic rings. The van der Waals surface area contributed by atoms with Crippen molar-refractivity contribution in [2.45, 2.75) is 44.7 Å². The van der Waals surface area contributed by atoms with Crippen molar-refractivity contribution in [3.63, 3.8) is 0 Å². The second-order valence-electron chi connectivity index (χ2n) is 8.75. The zero-order valence-corrected chi connectivity index (χ0v) is 21.7. The van der Waals surface area contributed by atoms with Crippen LogP contribution in [0.25, 0.3) is 22.0 Å². The molecule has 3 heterocycles. The quantitative estimate of drug-likeness (QED) is 0.150. The van der Waals surface area contributed by atoms with E-state index in [1.807, 2.05) is 56.3 Å². The van der Waals surface area contributed by atoms with Crippen LogP contribution in [0.15, 0.2) is 67.7 Å². The topological polar surface area (TPSA) is 89.5 Å². The fraction of sp³-hybridized carbons (Fsp3) is 0.259. The van der Waals surface area contributed by atoms with Crippen molar-refractivity contribution >= 4 is 51.5 Å². The van der Waals surface area contributed by atoms with E-state index in [1.54, 1.807) is 28.4 Å². The van der Waals surface area contributed by atoms with Crippen molar-refractivity contribution in [1.29, 1.82) is 0 Å². The number of hydrogen-bond acceptors (Lipinski definition) is 7. The number of allylic oxidation sites excluding steroid dienone is 1. The van der Waals surface area contributed by atoms with Gasteiger partial charge in [0.05, 0.1) is 29.3 Å². The van der Waals surface area contributed by atoms with Crippen LogP contribution in [0, 0.1) is 6.92 Å². The minimum Gasteiger partial charge on any atom is -0.465 e. The fourth-order valence-corrected chi connectivity index (χ4v) is 6.32. The van der Waals surface area contributed by atoms with Gasteiger partial charge in [-0.2, -0.15) is 5.10 Å². The van der Waals surface area contributed by atoms with Gasteiger partial charge in [0, 0.05) is 4.88 Å². The first-order valence-corrected chi connectivity index (χ1v) is 13.6. The summed E-state index contributed by atoms with van der Waals surface area (Å²) in [6, 6.07) is 11.4. The summed E-state index contributed by atoms with van der Waals surface area (Å²) >= 11 is 2.85. The monoisotopic (exact) mass is 518 g/mol. The lowest BCUT2D eigenvalue weighted by Crippen LogP contribution is -2.24. The normalized spacial score (nSPS) is 13.9. The number of thiophene rings is 1. The summed E-state index contributed by atoms with van der Waals surface area (Å²) in [5.41, 5.74) is 6.32. The van der Waals surface area contributed by atoms with E-state index in [-0.39, 0.29) is 17.2 Å². The summed E-state index contributed by atoms with van der Waals surface area (Å²) in [5.74, 6) is 0.511. The summed E-state index contributed by atoms with van der Waals surface area (Å²) in [6.07, 6.45) is 9.14. The maximum absolute atomic E-state index is 13.8. The average Bonchev–Trinajstić information content (AvgIpc) is 3.51. The Morgan fingerprint density at radius 3 is 2.83 bits per heavy atom. The Labute approximate surface area is 216 Å². The van der Waals surface area contributed by atoms with Gasteiger partial charge >= 0.3 is 0 Å². The number of amides is 1. The number of aromatic nitrogens is 2. The van der Waals surface area contributed by atoms with E-state index < -0.39 is 0 Å². The van der Waals surface area contributed by atoms with E-state index in [0.29, 0.717) is 10.9 Å². The number of nitrogens with one attached hydrogen (secondary N) is 1. The standard InChI is InChI=1S/C27H26N4O3S2/c1-17-9-11-19(12-10-17)31-26(33)24-21-7-3-4-8-22(21)36-25(24)29-27(31)35-16-23(32)30-28-15-18(2)14-20-6-5-13-34-20/h5-6,9-15H,3-4,7-8,16H2,1-2H3,(H,30,32). The Morgan fingerprint density at radius 2 is 2.06 bits per heavy atom. The lowest BCUT2D eigenvalue weighted by Gasteiger charge is -2.13. The van der Waals surface area contributed by atoms with Crippen molar-refractivity contribution in [3.05, 3.63) is 80.4 Å². The number of fused-ring (bicyclic) bond motifs is 3. The van der Waals surface area contributed by atoms with Crippen LogP contribution in [0.5, 0.6) is 0 Å². The molecule has 1 aliphatic carbocycles. The van der Waals surface area contributed by atoms with Crippen molar-refractivity contribution in [2.24, 2.45) is 5.10 Å². The first-order valence-electron chi connectivity index (χ1n) is 11.8. The van der Waals surface area contributed by atoms with Gasteiger partial charge in [0.15, 0.2) is 5.16 Å². The van der Waals surface area contributed by atoms with Gasteiger partial charge in [-0.25, -0.2) is 10.4 Å². The highest BCUT2D eigenvalue weighted by Gasteiger charge is 2.23. The molecule has 5 rings (SSSR count). The van der Waals surface area contributed by atoms with Gasteiger partial charge in [0.2, 0.25) is 0 Å². The molecule has 0 aliphatic heterocycles. The zero-order chi connectivity index (χ0) is 25.1. The number of carbonyl (C=O) groups excluding carboxylic acids is 1. The fourth-order valence-electron chi connectivity index (χ4n) is 4.21. The van der Waals surface area contributed by atoms with Gasteiger partial charge in [-0.15, -0.1) is 11.3 Å². The van der Waals surface area contributed by atoms with E-state index in [2.05, 4.69) is 10.5 Å². The van der Waals surface area contributed by atoms with Gasteiger partial charge < -0.3 is 4.42 Å². The van der Waals surface area contributed by atoms with Gasteiger partial charge in [-0.3, -0.25) is 14.2 Å². The molecule has 1 aromatic carbocycles. The van der Waals surface area contributed by atoms with Crippen LogP contribution in [0.3, 0.4) is 0 Å². The minimum absolute atomic E-state index is 0.0668. The van der Waals surface area contributed by atoms with E-state index in [0.717, 1.165) is 58.3 Å². The second-order valence-corrected chi connectivity index (χ2v) is 10.8. The molecule has 0 bridgehead atoms. The Hall–Kier alpha value is -3.43. The summed E-state index contributed by atoms with van der Waals surface area (Å²) in [4.78, 5) is 33.2. The van der Waals surface area contributed by atoms with Crippen molar-refractivity contribution in [3.8, 4) is 5.69 Å². The molecule has 0 unspecified atom stereocenters. The Morgan fingerprint density at radius 1 is 1.25 bits per heavy atom. The van der Waals surface area contributed by atoms with Crippen LogP contribution < -0.4 is 11.0 Å². The second kappa shape index (κ2) is 10.7. The average molecular weight is 519 g/mol. The SMILES string of the molecule is CC(C=NNC(=O)CSc1nc2sc3c(c2c(=O)n1-c1ccc(C)cc1)CCCC3)=Cc1ccco1. The minimum atomic E-state index is -0.280. The van der Waals surface area contributed by atoms with Crippen LogP contribution in [0.4, 0.5) is 0 Å². The van der Waals surface area contributed by atoms with E-state index in [4.69, 9.17) is 9.40 Å². The molecule has 9 heteroatoms. The predicted octanol–water partition coefficient (Wildman–Crippen LogP) is 5.53. The number of rotatable bonds is 7. The number of aryl methyl sites for hydroxylation is 3. The molecule has 0 spiro atoms. The van der Waals surface area contributed by atoms with Crippen LogP contribution in [-0.2, 0) is 17.6 Å². The predicted molar refractivity (Wildman–Crippen MR) is 146 cm³/mol. The third-order valence-corrected chi connectivity index (χ3v) is 8.08. The summed E-state index contributed by atoms with van der Waals surface area (Å²) < 4.78 is 6.92. The maximum Gasteiger partial charge on any atom is 0.267 e. The molecule has 1 amide bonds. The number of hydrogen-bond donors (Lipinski definition) is 1. The summed E-state index contributed by atoms with van der Waals surface area (Å²) in [7, 11) is 0. The number of furan rings is 1.